The van der Waals surface area contributed by atoms with Gasteiger partial charge < -0.3 is 19.5 Å². The Kier molecular flexibility index (Phi) is 6.13. The summed E-state index contributed by atoms with van der Waals surface area (Å²) in [6, 6.07) is 8.84. The Balaban J connectivity index is 1.71. The van der Waals surface area contributed by atoms with Crippen molar-refractivity contribution in [1.29, 1.82) is 0 Å². The first-order valence-corrected chi connectivity index (χ1v) is 9.28. The van der Waals surface area contributed by atoms with Crippen molar-refractivity contribution >= 4 is 46.2 Å². The molecule has 138 valence electrons. The van der Waals surface area contributed by atoms with Crippen LogP contribution < -0.4 is 15.5 Å². The molecule has 26 heavy (non-hydrogen) atoms. The number of nitrogens with one attached hydrogen (secondary N) is 2. The molecule has 0 unspecified atom stereocenters. The monoisotopic (exact) mass is 392 g/mol. The summed E-state index contributed by atoms with van der Waals surface area (Å²) in [5.74, 6) is -0.191. The summed E-state index contributed by atoms with van der Waals surface area (Å²) in [7, 11) is 0. The molecule has 1 saturated heterocycles. The summed E-state index contributed by atoms with van der Waals surface area (Å²) < 4.78 is 5.07. The molecule has 0 radical (unpaired) electrons. The van der Waals surface area contributed by atoms with Crippen LogP contribution in [-0.4, -0.2) is 48.6 Å². The normalized spacial score (nSPS) is 14.9. The van der Waals surface area contributed by atoms with E-state index in [0.29, 0.717) is 5.02 Å². The standard InChI is InChI=1S/C18H21ClN4O2S/c1-2-22-8-10-23(11-9-22)16-13(19)5-3-6-14(16)20-18(26)21-17(24)15-7-4-12-25-15/h3-7,12H,2,8-11H2,1H3,(H2,20,21,24,26). The zero-order valence-electron chi connectivity index (χ0n) is 14.5. The van der Waals surface area contributed by atoms with E-state index in [0.717, 1.165) is 44.1 Å². The lowest BCUT2D eigenvalue weighted by Crippen LogP contribution is -2.46. The Morgan fingerprint density at radius 1 is 1.23 bits per heavy atom. The van der Waals surface area contributed by atoms with E-state index in [2.05, 4.69) is 27.4 Å². The first kappa shape index (κ1) is 18.7. The first-order valence-electron chi connectivity index (χ1n) is 8.50. The third-order valence-electron chi connectivity index (χ3n) is 4.34. The number of hydrogen-bond acceptors (Lipinski definition) is 5. The number of thiocarbonyl (C=S) groups is 1. The van der Waals surface area contributed by atoms with Gasteiger partial charge in [-0.05, 0) is 43.0 Å². The number of nitrogens with zero attached hydrogens (tertiary/aromatic N) is 2. The molecule has 0 atom stereocenters. The Labute approximate surface area is 163 Å². The second-order valence-electron chi connectivity index (χ2n) is 5.94. The molecule has 1 aliphatic heterocycles. The molecule has 2 aromatic rings. The topological polar surface area (TPSA) is 60.8 Å². The predicted octanol–water partition coefficient (Wildman–Crippen LogP) is 3.20. The second kappa shape index (κ2) is 8.53. The van der Waals surface area contributed by atoms with Gasteiger partial charge in [0.25, 0.3) is 5.91 Å². The van der Waals surface area contributed by atoms with Gasteiger partial charge in [0.1, 0.15) is 0 Å². The summed E-state index contributed by atoms with van der Waals surface area (Å²) in [5, 5.41) is 6.55. The minimum Gasteiger partial charge on any atom is -0.459 e. The number of hydrogen-bond donors (Lipinski definition) is 2. The predicted molar refractivity (Wildman–Crippen MR) is 108 cm³/mol. The Morgan fingerprint density at radius 3 is 2.65 bits per heavy atom. The van der Waals surface area contributed by atoms with E-state index in [1.165, 1.54) is 6.26 Å². The van der Waals surface area contributed by atoms with Crippen molar-refractivity contribution < 1.29 is 9.21 Å². The number of likely N-dealkylation sites (N-methyl/N-ethyl adjacent to an activating group) is 1. The van der Waals surface area contributed by atoms with Gasteiger partial charge in [0, 0.05) is 26.2 Å². The fourth-order valence-corrected chi connectivity index (χ4v) is 3.45. The molecule has 0 bridgehead atoms. The van der Waals surface area contributed by atoms with Crippen molar-refractivity contribution in [3.05, 3.63) is 47.4 Å². The molecule has 0 spiro atoms. The molecule has 1 amide bonds. The van der Waals surface area contributed by atoms with Crippen molar-refractivity contribution in [1.82, 2.24) is 10.2 Å². The highest BCUT2D eigenvalue weighted by molar-refractivity contribution is 7.80. The molecule has 1 aromatic carbocycles. The van der Waals surface area contributed by atoms with Crippen LogP contribution in [0.15, 0.2) is 41.0 Å². The number of carbonyl (C=O) groups excluding carboxylic acids is 1. The quantitative estimate of drug-likeness (QED) is 0.779. The molecule has 2 N–H and O–H groups in total. The van der Waals surface area contributed by atoms with Gasteiger partial charge in [-0.1, -0.05) is 24.6 Å². The molecule has 1 aromatic heterocycles. The van der Waals surface area contributed by atoms with Gasteiger partial charge in [-0.15, -0.1) is 0 Å². The summed E-state index contributed by atoms with van der Waals surface area (Å²) in [6.45, 7) is 6.96. The average molecular weight is 393 g/mol. The zero-order valence-corrected chi connectivity index (χ0v) is 16.1. The number of anilines is 2. The lowest BCUT2D eigenvalue weighted by molar-refractivity contribution is 0.0950. The van der Waals surface area contributed by atoms with Crippen LogP contribution in [0.2, 0.25) is 5.02 Å². The van der Waals surface area contributed by atoms with Gasteiger partial charge in [-0.25, -0.2) is 0 Å². The number of amides is 1. The maximum absolute atomic E-state index is 12.1. The highest BCUT2D eigenvalue weighted by Crippen LogP contribution is 2.34. The van der Waals surface area contributed by atoms with Crippen LogP contribution in [0.3, 0.4) is 0 Å². The number of benzene rings is 1. The van der Waals surface area contributed by atoms with E-state index >= 15 is 0 Å². The van der Waals surface area contributed by atoms with Gasteiger partial charge >= 0.3 is 0 Å². The first-order chi connectivity index (χ1) is 12.6. The summed E-state index contributed by atoms with van der Waals surface area (Å²) >= 11 is 11.7. The highest BCUT2D eigenvalue weighted by Gasteiger charge is 2.21. The van der Waals surface area contributed by atoms with E-state index in [4.69, 9.17) is 28.2 Å². The van der Waals surface area contributed by atoms with Crippen molar-refractivity contribution in [3.63, 3.8) is 0 Å². The van der Waals surface area contributed by atoms with Crippen LogP contribution in [0.1, 0.15) is 17.5 Å². The lowest BCUT2D eigenvalue weighted by atomic mass is 10.2. The molecule has 3 rings (SSSR count). The second-order valence-corrected chi connectivity index (χ2v) is 6.76. The summed E-state index contributed by atoms with van der Waals surface area (Å²) in [4.78, 5) is 16.7. The molecule has 0 saturated carbocycles. The van der Waals surface area contributed by atoms with Gasteiger partial charge in [0.05, 0.1) is 22.7 Å². The molecule has 2 heterocycles. The number of halogens is 1. The maximum atomic E-state index is 12.1. The molecule has 8 heteroatoms. The third kappa shape index (κ3) is 4.35. The highest BCUT2D eigenvalue weighted by atomic mass is 35.5. The van der Waals surface area contributed by atoms with Crippen molar-refractivity contribution in [2.75, 3.05) is 42.9 Å². The Hall–Kier alpha value is -2.09. The van der Waals surface area contributed by atoms with Crippen molar-refractivity contribution in [3.8, 4) is 0 Å². The average Bonchev–Trinajstić information content (AvgIpc) is 3.17. The van der Waals surface area contributed by atoms with Crippen molar-refractivity contribution in [2.45, 2.75) is 6.92 Å². The summed E-state index contributed by atoms with van der Waals surface area (Å²) in [6.07, 6.45) is 1.44. The number of rotatable bonds is 4. The van der Waals surface area contributed by atoms with E-state index in [1.807, 2.05) is 18.2 Å². The number of furan rings is 1. The van der Waals surface area contributed by atoms with E-state index in [1.54, 1.807) is 12.1 Å². The Morgan fingerprint density at radius 2 is 2.00 bits per heavy atom. The van der Waals surface area contributed by atoms with Gasteiger partial charge in [0.15, 0.2) is 10.9 Å². The van der Waals surface area contributed by atoms with Crippen LogP contribution >= 0.6 is 23.8 Å². The summed E-state index contributed by atoms with van der Waals surface area (Å²) in [5.41, 5.74) is 1.67. The smallest absolute Gasteiger partial charge is 0.293 e. The van der Waals surface area contributed by atoms with Gasteiger partial charge in [-0.2, -0.15) is 0 Å². The van der Waals surface area contributed by atoms with Crippen LogP contribution in [0.25, 0.3) is 0 Å². The molecular formula is C18H21ClN4O2S. The van der Waals surface area contributed by atoms with Gasteiger partial charge in [-0.3, -0.25) is 10.1 Å². The maximum Gasteiger partial charge on any atom is 0.293 e. The van der Waals surface area contributed by atoms with E-state index in [-0.39, 0.29) is 10.9 Å². The largest absolute Gasteiger partial charge is 0.459 e. The molecule has 1 aliphatic rings. The SMILES string of the molecule is CCN1CCN(c2c(Cl)cccc2NC(=S)NC(=O)c2ccco2)CC1. The van der Waals surface area contributed by atoms with Crippen LogP contribution in [-0.2, 0) is 0 Å². The number of carbonyl (C=O) groups is 1. The minimum atomic E-state index is -0.396. The number of para-hydroxylation sites is 1. The van der Waals surface area contributed by atoms with Gasteiger partial charge in [0.2, 0.25) is 0 Å². The molecule has 0 aliphatic carbocycles. The fraction of sp³-hybridized carbons (Fsp3) is 0.333. The molecular weight excluding hydrogens is 372 g/mol. The fourth-order valence-electron chi connectivity index (χ4n) is 2.95. The minimum absolute atomic E-state index is 0.196. The molecule has 6 nitrogen and oxygen atoms in total. The Bertz CT molecular complexity index is 774. The van der Waals surface area contributed by atoms with Crippen molar-refractivity contribution in [2.24, 2.45) is 0 Å². The lowest BCUT2D eigenvalue weighted by Gasteiger charge is -2.37. The zero-order chi connectivity index (χ0) is 18.5. The van der Waals surface area contributed by atoms with Crippen LogP contribution in [0.5, 0.6) is 0 Å². The molecule has 1 fully saturated rings. The van der Waals surface area contributed by atoms with Crippen LogP contribution in [0, 0.1) is 0 Å². The van der Waals surface area contributed by atoms with E-state index in [9.17, 15) is 4.79 Å². The van der Waals surface area contributed by atoms with E-state index < -0.39 is 5.91 Å². The third-order valence-corrected chi connectivity index (χ3v) is 4.85. The van der Waals surface area contributed by atoms with Crippen LogP contribution in [0.4, 0.5) is 11.4 Å². The number of piperazine rings is 1.